The molecule has 6 nitrogen and oxygen atoms in total. The molecule has 1 amide bonds. The van der Waals surface area contributed by atoms with Crippen molar-refractivity contribution in [3.63, 3.8) is 0 Å². The molecule has 140 valence electrons. The number of rotatable bonds is 10. The highest BCUT2D eigenvalue weighted by atomic mass is 32.2. The van der Waals surface area contributed by atoms with Crippen LogP contribution in [0.25, 0.3) is 0 Å². The van der Waals surface area contributed by atoms with Gasteiger partial charge in [0.25, 0.3) is 0 Å². The average Bonchev–Trinajstić information content (AvgIpc) is 2.54. The molecule has 0 spiro atoms. The van der Waals surface area contributed by atoms with Crippen molar-refractivity contribution in [3.05, 3.63) is 36.4 Å². The van der Waals surface area contributed by atoms with E-state index in [4.69, 9.17) is 0 Å². The van der Waals surface area contributed by atoms with Crippen molar-refractivity contribution in [2.75, 3.05) is 42.7 Å². The van der Waals surface area contributed by atoms with Crippen LogP contribution in [0.3, 0.4) is 0 Å². The lowest BCUT2D eigenvalue weighted by atomic mass is 10.1. The van der Waals surface area contributed by atoms with Crippen LogP contribution in [0, 0.1) is 6.92 Å². The van der Waals surface area contributed by atoms with Crippen LogP contribution in [-0.2, 0) is 14.8 Å². The fourth-order valence-corrected chi connectivity index (χ4v) is 3.35. The number of anilines is 2. The lowest BCUT2D eigenvalue weighted by Gasteiger charge is -2.22. The Labute approximate surface area is 151 Å². The number of hydrogen-bond donors (Lipinski definition) is 1. The van der Waals surface area contributed by atoms with Crippen molar-refractivity contribution in [2.24, 2.45) is 0 Å². The molecule has 0 radical (unpaired) electrons. The first kappa shape index (κ1) is 21.2. The van der Waals surface area contributed by atoms with Crippen LogP contribution < -0.4 is 10.2 Å². The fourth-order valence-electron chi connectivity index (χ4n) is 2.55. The molecule has 7 heteroatoms. The Morgan fingerprint density at radius 2 is 1.92 bits per heavy atom. The van der Waals surface area contributed by atoms with Crippen molar-refractivity contribution in [3.8, 4) is 0 Å². The van der Waals surface area contributed by atoms with Crippen molar-refractivity contribution >= 4 is 27.3 Å². The van der Waals surface area contributed by atoms with E-state index in [1.165, 1.54) is 10.4 Å². The molecule has 0 aliphatic heterocycles. The third kappa shape index (κ3) is 6.51. The van der Waals surface area contributed by atoms with Crippen LogP contribution in [0.5, 0.6) is 0 Å². The predicted octanol–water partition coefficient (Wildman–Crippen LogP) is 2.62. The highest BCUT2D eigenvalue weighted by molar-refractivity contribution is 7.88. The Morgan fingerprint density at radius 1 is 1.28 bits per heavy atom. The van der Waals surface area contributed by atoms with Gasteiger partial charge in [-0.2, -0.15) is 4.31 Å². The van der Waals surface area contributed by atoms with Crippen molar-refractivity contribution < 1.29 is 13.2 Å². The van der Waals surface area contributed by atoms with E-state index in [-0.39, 0.29) is 25.4 Å². The molecule has 25 heavy (non-hydrogen) atoms. The van der Waals surface area contributed by atoms with E-state index in [0.29, 0.717) is 0 Å². The number of benzene rings is 1. The third-order valence-electron chi connectivity index (χ3n) is 4.00. The van der Waals surface area contributed by atoms with Crippen molar-refractivity contribution in [1.82, 2.24) is 4.31 Å². The lowest BCUT2D eigenvalue weighted by molar-refractivity contribution is -0.116. The molecule has 1 aromatic rings. The van der Waals surface area contributed by atoms with Crippen LogP contribution in [-0.4, -0.2) is 51.1 Å². The molecule has 0 atom stereocenters. The second-order valence-electron chi connectivity index (χ2n) is 5.88. The molecule has 0 bridgehead atoms. The van der Waals surface area contributed by atoms with Crippen LogP contribution in [0.15, 0.2) is 30.9 Å². The van der Waals surface area contributed by atoms with Gasteiger partial charge in [0.2, 0.25) is 15.9 Å². The largest absolute Gasteiger partial charge is 0.372 e. The Bertz CT molecular complexity index is 698. The third-order valence-corrected chi connectivity index (χ3v) is 5.27. The van der Waals surface area contributed by atoms with E-state index in [1.54, 1.807) is 0 Å². The topological polar surface area (TPSA) is 69.7 Å². The number of carbonyl (C=O) groups is 1. The first-order valence-corrected chi connectivity index (χ1v) is 10.3. The Morgan fingerprint density at radius 3 is 2.40 bits per heavy atom. The summed E-state index contributed by atoms with van der Waals surface area (Å²) in [5.74, 6) is -0.212. The fraction of sp³-hybridized carbons (Fsp3) is 0.500. The number of hydrogen-bond acceptors (Lipinski definition) is 4. The molecule has 1 aromatic carbocycles. The maximum Gasteiger partial charge on any atom is 0.225 e. The summed E-state index contributed by atoms with van der Waals surface area (Å²) in [6.45, 7) is 11.9. The molecule has 0 aliphatic rings. The van der Waals surface area contributed by atoms with E-state index in [0.717, 1.165) is 36.3 Å². The molecule has 0 fully saturated rings. The highest BCUT2D eigenvalue weighted by Gasteiger charge is 2.16. The van der Waals surface area contributed by atoms with Gasteiger partial charge >= 0.3 is 0 Å². The second-order valence-corrected chi connectivity index (χ2v) is 7.86. The van der Waals surface area contributed by atoms with Crippen LogP contribution in [0.1, 0.15) is 25.8 Å². The normalized spacial score (nSPS) is 11.4. The summed E-state index contributed by atoms with van der Waals surface area (Å²) in [6, 6.07) is 5.91. The predicted molar refractivity (Wildman–Crippen MR) is 105 cm³/mol. The first-order chi connectivity index (χ1) is 11.7. The van der Waals surface area contributed by atoms with Crippen LogP contribution in [0.2, 0.25) is 0 Å². The van der Waals surface area contributed by atoms with Crippen molar-refractivity contribution in [2.45, 2.75) is 27.2 Å². The van der Waals surface area contributed by atoms with E-state index in [1.807, 2.05) is 25.1 Å². The summed E-state index contributed by atoms with van der Waals surface area (Å²) in [5, 5.41) is 2.86. The minimum Gasteiger partial charge on any atom is -0.372 e. The Balaban J connectivity index is 2.72. The maximum absolute atomic E-state index is 12.2. The molecule has 0 saturated heterocycles. The van der Waals surface area contributed by atoms with Gasteiger partial charge in [0, 0.05) is 44.0 Å². The first-order valence-electron chi connectivity index (χ1n) is 8.44. The van der Waals surface area contributed by atoms with E-state index >= 15 is 0 Å². The molecule has 0 aromatic heterocycles. The summed E-state index contributed by atoms with van der Waals surface area (Å²) in [5.41, 5.74) is 2.84. The standard InChI is InChI=1S/C18H29N3O3S/c1-6-12-21(25(5,23)24)13-11-18(22)19-17-10-9-16(14-15(17)4)20(7-2)8-3/h6,9-10,14H,1,7-8,11-13H2,2-5H3,(H,19,22). The summed E-state index contributed by atoms with van der Waals surface area (Å²) in [6.07, 6.45) is 2.73. The number of carbonyl (C=O) groups excluding carboxylic acids is 1. The van der Waals surface area contributed by atoms with E-state index < -0.39 is 10.0 Å². The molecule has 1 rings (SSSR count). The number of nitrogens with zero attached hydrogens (tertiary/aromatic N) is 2. The average molecular weight is 368 g/mol. The Hall–Kier alpha value is -1.86. The van der Waals surface area contributed by atoms with Gasteiger partial charge in [0.05, 0.1) is 6.26 Å². The zero-order valence-corrected chi connectivity index (χ0v) is 16.4. The van der Waals surface area contributed by atoms with Crippen molar-refractivity contribution in [1.29, 1.82) is 0 Å². The SMILES string of the molecule is C=CCN(CCC(=O)Nc1ccc(N(CC)CC)cc1C)S(C)(=O)=O. The lowest BCUT2D eigenvalue weighted by Crippen LogP contribution is -2.33. The number of amides is 1. The molecule has 0 aliphatic carbocycles. The van der Waals surface area contributed by atoms with E-state index in [2.05, 4.69) is 30.6 Å². The molecule has 0 saturated carbocycles. The van der Waals surface area contributed by atoms with Gasteiger partial charge in [-0.1, -0.05) is 6.08 Å². The minimum absolute atomic E-state index is 0.0954. The molecular weight excluding hydrogens is 338 g/mol. The summed E-state index contributed by atoms with van der Waals surface area (Å²) >= 11 is 0. The van der Waals surface area contributed by atoms with Gasteiger partial charge in [-0.25, -0.2) is 8.42 Å². The highest BCUT2D eigenvalue weighted by Crippen LogP contribution is 2.22. The minimum atomic E-state index is -3.35. The van der Waals surface area contributed by atoms with Gasteiger partial charge in [-0.05, 0) is 44.5 Å². The van der Waals surface area contributed by atoms with Crippen LogP contribution in [0.4, 0.5) is 11.4 Å². The zero-order chi connectivity index (χ0) is 19.0. The number of nitrogens with one attached hydrogen (secondary N) is 1. The second kappa shape index (κ2) is 9.58. The van der Waals surface area contributed by atoms with Gasteiger partial charge in [-0.15, -0.1) is 6.58 Å². The summed E-state index contributed by atoms with van der Waals surface area (Å²) < 4.78 is 24.5. The molecule has 0 heterocycles. The van der Waals surface area contributed by atoms with Gasteiger partial charge in [-0.3, -0.25) is 4.79 Å². The van der Waals surface area contributed by atoms with E-state index in [9.17, 15) is 13.2 Å². The quantitative estimate of drug-likeness (QED) is 0.646. The maximum atomic E-state index is 12.2. The van der Waals surface area contributed by atoms with Crippen LogP contribution >= 0.6 is 0 Å². The molecule has 1 N–H and O–H groups in total. The monoisotopic (exact) mass is 367 g/mol. The Kier molecular flexibility index (Phi) is 8.12. The number of sulfonamides is 1. The summed E-state index contributed by atoms with van der Waals surface area (Å²) in [4.78, 5) is 14.4. The zero-order valence-electron chi connectivity index (χ0n) is 15.6. The molecular formula is C18H29N3O3S. The molecule has 0 unspecified atom stereocenters. The summed E-state index contributed by atoms with van der Waals surface area (Å²) in [7, 11) is -3.35. The smallest absolute Gasteiger partial charge is 0.225 e. The van der Waals surface area contributed by atoms with Gasteiger partial charge < -0.3 is 10.2 Å². The van der Waals surface area contributed by atoms with Gasteiger partial charge in [0.1, 0.15) is 0 Å². The number of aryl methyl sites for hydroxylation is 1. The van der Waals surface area contributed by atoms with Gasteiger partial charge in [0.15, 0.2) is 0 Å².